The van der Waals surface area contributed by atoms with Gasteiger partial charge in [0.15, 0.2) is 11.4 Å². The average molecular weight is 462 g/mol. The predicted octanol–water partition coefficient (Wildman–Crippen LogP) is 1.69. The molecule has 0 aliphatic heterocycles. The van der Waals surface area contributed by atoms with Gasteiger partial charge in [0, 0.05) is 12.6 Å². The van der Waals surface area contributed by atoms with Crippen molar-refractivity contribution in [2.24, 2.45) is 0 Å². The number of pyridine rings is 1. The standard InChI is InChI=1S/C21H26N4O8/c1-5-31-17(26)10-9-13(20(28)32-6-2)23-19(27)18-14(8-7-11-22-18)33-21-24-15(29-3)12-16(25-21)30-4/h7-8,11-13H,5-6,9-10H2,1-4H3,(H,23,27). The Morgan fingerprint density at radius 3 is 2.30 bits per heavy atom. The Bertz CT molecular complexity index is 947. The van der Waals surface area contributed by atoms with E-state index in [2.05, 4.69) is 20.3 Å². The van der Waals surface area contributed by atoms with E-state index in [0.29, 0.717) is 0 Å². The molecule has 0 aliphatic carbocycles. The largest absolute Gasteiger partial charge is 0.481 e. The minimum Gasteiger partial charge on any atom is -0.481 e. The van der Waals surface area contributed by atoms with Crippen molar-refractivity contribution in [1.82, 2.24) is 20.3 Å². The number of hydrogen-bond donors (Lipinski definition) is 1. The van der Waals surface area contributed by atoms with Crippen LogP contribution in [0.25, 0.3) is 0 Å². The lowest BCUT2D eigenvalue weighted by molar-refractivity contribution is -0.146. The van der Waals surface area contributed by atoms with Crippen LogP contribution in [0, 0.1) is 0 Å². The number of methoxy groups -OCH3 is 2. The molecule has 0 fully saturated rings. The number of hydrogen-bond acceptors (Lipinski definition) is 11. The first-order valence-corrected chi connectivity index (χ1v) is 10.1. The maximum atomic E-state index is 12.9. The number of carbonyl (C=O) groups excluding carboxylic acids is 3. The Morgan fingerprint density at radius 1 is 1.03 bits per heavy atom. The van der Waals surface area contributed by atoms with Gasteiger partial charge in [0.1, 0.15) is 6.04 Å². The maximum absolute atomic E-state index is 12.9. The molecule has 1 unspecified atom stereocenters. The van der Waals surface area contributed by atoms with Crippen LogP contribution in [-0.4, -0.2) is 66.3 Å². The van der Waals surface area contributed by atoms with Crippen LogP contribution in [0.15, 0.2) is 24.4 Å². The molecule has 2 aromatic rings. The maximum Gasteiger partial charge on any atom is 0.328 e. The molecule has 1 amide bonds. The van der Waals surface area contributed by atoms with Crippen molar-refractivity contribution in [2.75, 3.05) is 27.4 Å². The zero-order chi connectivity index (χ0) is 24.2. The van der Waals surface area contributed by atoms with Crippen molar-refractivity contribution in [3.05, 3.63) is 30.1 Å². The molecule has 2 heterocycles. The molecule has 12 heteroatoms. The molecule has 33 heavy (non-hydrogen) atoms. The first kappa shape index (κ1) is 25.3. The molecule has 2 rings (SSSR count). The minimum absolute atomic E-state index is 0.0113. The number of amides is 1. The van der Waals surface area contributed by atoms with Crippen LogP contribution in [-0.2, 0) is 19.1 Å². The van der Waals surface area contributed by atoms with Crippen molar-refractivity contribution in [1.29, 1.82) is 0 Å². The SMILES string of the molecule is CCOC(=O)CCC(NC(=O)c1ncccc1Oc1nc(OC)cc(OC)n1)C(=O)OCC. The first-order chi connectivity index (χ1) is 15.9. The number of nitrogens with one attached hydrogen (secondary N) is 1. The van der Waals surface area contributed by atoms with E-state index in [1.165, 1.54) is 32.5 Å². The molecule has 178 valence electrons. The Labute approximate surface area is 190 Å². The number of esters is 2. The lowest BCUT2D eigenvalue weighted by atomic mass is 10.1. The molecule has 0 saturated carbocycles. The first-order valence-electron chi connectivity index (χ1n) is 10.1. The van der Waals surface area contributed by atoms with E-state index in [9.17, 15) is 14.4 Å². The van der Waals surface area contributed by atoms with E-state index in [-0.39, 0.29) is 55.3 Å². The molecule has 0 radical (unpaired) electrons. The van der Waals surface area contributed by atoms with Crippen LogP contribution in [0.2, 0.25) is 0 Å². The summed E-state index contributed by atoms with van der Waals surface area (Å²) in [7, 11) is 2.83. The molecular weight excluding hydrogens is 436 g/mol. The zero-order valence-corrected chi connectivity index (χ0v) is 18.8. The Balaban J connectivity index is 2.22. The molecule has 12 nitrogen and oxygen atoms in total. The quantitative estimate of drug-likeness (QED) is 0.459. The lowest BCUT2D eigenvalue weighted by Gasteiger charge is -2.17. The summed E-state index contributed by atoms with van der Waals surface area (Å²) < 4.78 is 25.7. The Hall–Kier alpha value is -3.96. The molecule has 0 spiro atoms. The van der Waals surface area contributed by atoms with Crippen molar-refractivity contribution in [3.63, 3.8) is 0 Å². The van der Waals surface area contributed by atoms with Gasteiger partial charge in [0.2, 0.25) is 11.8 Å². The van der Waals surface area contributed by atoms with Gasteiger partial charge in [-0.3, -0.25) is 9.59 Å². The van der Waals surface area contributed by atoms with Crippen LogP contribution >= 0.6 is 0 Å². The fraction of sp³-hybridized carbons (Fsp3) is 0.429. The van der Waals surface area contributed by atoms with Crippen molar-refractivity contribution in [2.45, 2.75) is 32.7 Å². The molecule has 1 atom stereocenters. The summed E-state index contributed by atoms with van der Waals surface area (Å²) in [4.78, 5) is 49.1. The summed E-state index contributed by atoms with van der Waals surface area (Å²) in [5.74, 6) is -1.50. The van der Waals surface area contributed by atoms with E-state index < -0.39 is 23.9 Å². The van der Waals surface area contributed by atoms with Crippen LogP contribution < -0.4 is 19.5 Å². The second-order valence-corrected chi connectivity index (χ2v) is 6.31. The van der Waals surface area contributed by atoms with Gasteiger partial charge >= 0.3 is 17.9 Å². The summed E-state index contributed by atoms with van der Waals surface area (Å²) in [6.07, 6.45) is 1.29. The van der Waals surface area contributed by atoms with Crippen LogP contribution in [0.3, 0.4) is 0 Å². The molecule has 0 aromatic carbocycles. The second kappa shape index (κ2) is 12.8. The lowest BCUT2D eigenvalue weighted by Crippen LogP contribution is -2.42. The third-order valence-electron chi connectivity index (χ3n) is 4.08. The van der Waals surface area contributed by atoms with Gasteiger partial charge in [-0.2, -0.15) is 9.97 Å². The summed E-state index contributed by atoms with van der Waals surface area (Å²) in [5, 5.41) is 2.53. The Morgan fingerprint density at radius 2 is 1.70 bits per heavy atom. The normalized spacial score (nSPS) is 11.2. The summed E-state index contributed by atoms with van der Waals surface area (Å²) in [6.45, 7) is 3.63. The average Bonchev–Trinajstić information content (AvgIpc) is 2.81. The van der Waals surface area contributed by atoms with E-state index in [0.717, 1.165) is 0 Å². The fourth-order valence-corrected chi connectivity index (χ4v) is 2.59. The van der Waals surface area contributed by atoms with E-state index >= 15 is 0 Å². The van der Waals surface area contributed by atoms with Crippen LogP contribution in [0.5, 0.6) is 23.5 Å². The summed E-state index contributed by atoms with van der Waals surface area (Å²) >= 11 is 0. The molecule has 0 bridgehead atoms. The van der Waals surface area contributed by atoms with Crippen molar-refractivity contribution >= 4 is 17.8 Å². The van der Waals surface area contributed by atoms with Crippen molar-refractivity contribution < 1.29 is 38.1 Å². The van der Waals surface area contributed by atoms with Crippen molar-refractivity contribution in [3.8, 4) is 23.5 Å². The number of rotatable bonds is 12. The molecule has 2 aromatic heterocycles. The third-order valence-corrected chi connectivity index (χ3v) is 4.08. The van der Waals surface area contributed by atoms with E-state index in [1.807, 2.05) is 0 Å². The monoisotopic (exact) mass is 462 g/mol. The third kappa shape index (κ3) is 7.59. The van der Waals surface area contributed by atoms with Crippen LogP contribution in [0.1, 0.15) is 37.2 Å². The molecule has 0 aliphatic rings. The van der Waals surface area contributed by atoms with Gasteiger partial charge in [-0.1, -0.05) is 0 Å². The highest BCUT2D eigenvalue weighted by molar-refractivity contribution is 5.97. The van der Waals surface area contributed by atoms with Gasteiger partial charge in [-0.05, 0) is 32.4 Å². The van der Waals surface area contributed by atoms with Gasteiger partial charge in [0.25, 0.3) is 5.91 Å². The van der Waals surface area contributed by atoms with E-state index in [4.69, 9.17) is 23.7 Å². The van der Waals surface area contributed by atoms with Gasteiger partial charge in [-0.15, -0.1) is 0 Å². The number of carbonyl (C=O) groups is 3. The van der Waals surface area contributed by atoms with Gasteiger partial charge < -0.3 is 29.0 Å². The minimum atomic E-state index is -1.09. The highest BCUT2D eigenvalue weighted by Gasteiger charge is 2.26. The molecule has 1 N–H and O–H groups in total. The molecule has 0 saturated heterocycles. The van der Waals surface area contributed by atoms with E-state index in [1.54, 1.807) is 19.9 Å². The highest BCUT2D eigenvalue weighted by Crippen LogP contribution is 2.25. The number of aromatic nitrogens is 3. The molecular formula is C21H26N4O8. The number of ether oxygens (including phenoxy) is 5. The number of nitrogens with zero attached hydrogens (tertiary/aromatic N) is 3. The van der Waals surface area contributed by atoms with Crippen LogP contribution in [0.4, 0.5) is 0 Å². The zero-order valence-electron chi connectivity index (χ0n) is 18.8. The highest BCUT2D eigenvalue weighted by atomic mass is 16.5. The fourth-order valence-electron chi connectivity index (χ4n) is 2.59. The predicted molar refractivity (Wildman–Crippen MR) is 113 cm³/mol. The smallest absolute Gasteiger partial charge is 0.328 e. The van der Waals surface area contributed by atoms with Gasteiger partial charge in [0.05, 0.1) is 33.5 Å². The summed E-state index contributed by atoms with van der Waals surface area (Å²) in [6, 6.07) is 3.25. The van der Waals surface area contributed by atoms with Gasteiger partial charge in [-0.25, -0.2) is 9.78 Å². The topological polar surface area (TPSA) is 148 Å². The summed E-state index contributed by atoms with van der Waals surface area (Å²) in [5.41, 5.74) is -0.131. The second-order valence-electron chi connectivity index (χ2n) is 6.31. The Kier molecular flexibility index (Phi) is 9.80.